The molecule has 1 heterocycles. The van der Waals surface area contributed by atoms with Crippen LogP contribution in [-0.4, -0.2) is 27.5 Å². The molecule has 1 aliphatic carbocycles. The monoisotopic (exact) mass is 326 g/mol. The van der Waals surface area contributed by atoms with Crippen LogP contribution in [0.4, 0.5) is 0 Å². The number of nitrogens with one attached hydrogen (secondary N) is 1. The van der Waals surface area contributed by atoms with Gasteiger partial charge in [0.25, 0.3) is 5.91 Å². The molecule has 1 fully saturated rings. The normalized spacial score (nSPS) is 23.8. The summed E-state index contributed by atoms with van der Waals surface area (Å²) < 4.78 is 0. The first-order valence-electron chi connectivity index (χ1n) is 8.32. The van der Waals surface area contributed by atoms with E-state index in [4.69, 9.17) is 0 Å². The first kappa shape index (κ1) is 16.4. The van der Waals surface area contributed by atoms with Crippen molar-refractivity contribution in [2.24, 2.45) is 5.92 Å². The van der Waals surface area contributed by atoms with Crippen LogP contribution >= 0.6 is 0 Å². The number of para-hydroxylation sites is 1. The summed E-state index contributed by atoms with van der Waals surface area (Å²) in [4.78, 5) is 28.9. The quantitative estimate of drug-likeness (QED) is 0.907. The number of carboxylic acid groups (broad SMARTS) is 1. The lowest BCUT2D eigenvalue weighted by Crippen LogP contribution is -2.55. The van der Waals surface area contributed by atoms with Crippen LogP contribution in [0.3, 0.4) is 0 Å². The Labute approximate surface area is 141 Å². The molecule has 5 heteroatoms. The van der Waals surface area contributed by atoms with E-state index < -0.39 is 17.4 Å². The van der Waals surface area contributed by atoms with Crippen LogP contribution in [0.15, 0.2) is 30.3 Å². The molecular weight excluding hydrogens is 304 g/mol. The molecule has 1 aromatic carbocycles. The molecular formula is C19H22N2O3. The molecule has 0 bridgehead atoms. The number of hydrogen-bond acceptors (Lipinski definition) is 3. The Bertz CT molecular complexity index is 802. The number of benzene rings is 1. The number of carbonyl (C=O) groups excluding carboxylic acids is 1. The number of aliphatic carboxylic acids is 1. The van der Waals surface area contributed by atoms with Crippen molar-refractivity contribution in [2.45, 2.75) is 45.1 Å². The van der Waals surface area contributed by atoms with Crippen LogP contribution in [0.2, 0.25) is 0 Å². The number of aromatic nitrogens is 1. The highest BCUT2D eigenvalue weighted by molar-refractivity contribution is 6.05. The van der Waals surface area contributed by atoms with E-state index in [1.54, 1.807) is 6.07 Å². The van der Waals surface area contributed by atoms with Gasteiger partial charge in [-0.25, -0.2) is 0 Å². The van der Waals surface area contributed by atoms with Gasteiger partial charge in [0.1, 0.15) is 0 Å². The average Bonchev–Trinajstić information content (AvgIpc) is 2.53. The molecule has 0 aliphatic heterocycles. The molecule has 2 unspecified atom stereocenters. The molecule has 3 rings (SSSR count). The molecule has 126 valence electrons. The highest BCUT2D eigenvalue weighted by atomic mass is 16.4. The molecule has 0 radical (unpaired) electrons. The van der Waals surface area contributed by atoms with Crippen molar-refractivity contribution in [1.82, 2.24) is 10.3 Å². The zero-order valence-corrected chi connectivity index (χ0v) is 14.0. The van der Waals surface area contributed by atoms with Gasteiger partial charge >= 0.3 is 5.97 Å². The minimum atomic E-state index is -0.843. The molecule has 1 saturated carbocycles. The van der Waals surface area contributed by atoms with E-state index in [1.807, 2.05) is 38.1 Å². The van der Waals surface area contributed by atoms with E-state index in [-0.39, 0.29) is 5.91 Å². The average molecular weight is 326 g/mol. The lowest BCUT2D eigenvalue weighted by Gasteiger charge is -2.39. The molecule has 5 nitrogen and oxygen atoms in total. The van der Waals surface area contributed by atoms with E-state index in [9.17, 15) is 14.7 Å². The second kappa shape index (κ2) is 6.23. The fraction of sp³-hybridized carbons (Fsp3) is 0.421. The first-order chi connectivity index (χ1) is 11.4. The third kappa shape index (κ3) is 2.98. The lowest BCUT2D eigenvalue weighted by atomic mass is 9.73. The van der Waals surface area contributed by atoms with Crippen LogP contribution in [0.5, 0.6) is 0 Å². The van der Waals surface area contributed by atoms with Crippen molar-refractivity contribution in [3.8, 4) is 0 Å². The third-order valence-electron chi connectivity index (χ3n) is 5.01. The summed E-state index contributed by atoms with van der Waals surface area (Å²) >= 11 is 0. The van der Waals surface area contributed by atoms with E-state index >= 15 is 0 Å². The number of fused-ring (bicyclic) bond motifs is 1. The summed E-state index contributed by atoms with van der Waals surface area (Å²) in [5, 5.41) is 13.4. The topological polar surface area (TPSA) is 79.3 Å². The minimum Gasteiger partial charge on any atom is -0.481 e. The number of hydrogen-bond donors (Lipinski definition) is 2. The zero-order chi connectivity index (χ0) is 17.3. The van der Waals surface area contributed by atoms with Crippen molar-refractivity contribution in [2.75, 3.05) is 0 Å². The number of nitrogens with zero attached hydrogens (tertiary/aromatic N) is 1. The number of amides is 1. The fourth-order valence-corrected chi connectivity index (χ4v) is 3.63. The highest BCUT2D eigenvalue weighted by Crippen LogP contribution is 2.34. The summed E-state index contributed by atoms with van der Waals surface area (Å²) in [5.74, 6) is -1.65. The van der Waals surface area contributed by atoms with Crippen LogP contribution in [0.1, 0.15) is 48.7 Å². The van der Waals surface area contributed by atoms with E-state index in [1.165, 1.54) is 0 Å². The predicted molar refractivity (Wildman–Crippen MR) is 91.9 cm³/mol. The summed E-state index contributed by atoms with van der Waals surface area (Å²) in [6, 6.07) is 9.34. The Balaban J connectivity index is 1.95. The number of carbonyl (C=O) groups is 2. The molecule has 1 aromatic heterocycles. The van der Waals surface area contributed by atoms with Crippen molar-refractivity contribution >= 4 is 22.8 Å². The van der Waals surface area contributed by atoms with Crippen molar-refractivity contribution in [3.05, 3.63) is 41.6 Å². The number of rotatable bonds is 3. The summed E-state index contributed by atoms with van der Waals surface area (Å²) in [6.45, 7) is 3.73. The van der Waals surface area contributed by atoms with Crippen LogP contribution < -0.4 is 5.32 Å². The van der Waals surface area contributed by atoms with Gasteiger partial charge in [-0.15, -0.1) is 0 Å². The maximum absolute atomic E-state index is 12.9. The Hall–Kier alpha value is -2.43. The molecule has 0 saturated heterocycles. The predicted octanol–water partition coefficient (Wildman–Crippen LogP) is 3.31. The molecule has 2 aromatic rings. The number of aryl methyl sites for hydroxylation is 1. The maximum atomic E-state index is 12.9. The van der Waals surface area contributed by atoms with Gasteiger partial charge in [0, 0.05) is 11.1 Å². The standard InChI is InChI=1S/C19H22N2O3/c1-12-9-10-13-6-5-7-14(16(13)20-12)17(22)21-19(2)11-4-3-8-15(19)18(23)24/h5-7,9-10,15H,3-4,8,11H2,1-2H3,(H,21,22)(H,23,24). The first-order valence-corrected chi connectivity index (χ1v) is 8.32. The smallest absolute Gasteiger partial charge is 0.308 e. The van der Waals surface area contributed by atoms with E-state index in [0.29, 0.717) is 23.9 Å². The molecule has 2 N–H and O–H groups in total. The Kier molecular flexibility index (Phi) is 4.26. The fourth-order valence-electron chi connectivity index (χ4n) is 3.63. The molecule has 24 heavy (non-hydrogen) atoms. The zero-order valence-electron chi connectivity index (χ0n) is 14.0. The maximum Gasteiger partial charge on any atom is 0.308 e. The molecule has 1 amide bonds. The van der Waals surface area contributed by atoms with Crippen molar-refractivity contribution in [3.63, 3.8) is 0 Å². The number of pyridine rings is 1. The van der Waals surface area contributed by atoms with Crippen molar-refractivity contribution in [1.29, 1.82) is 0 Å². The van der Waals surface area contributed by atoms with E-state index in [0.717, 1.165) is 23.9 Å². The van der Waals surface area contributed by atoms with Crippen LogP contribution in [0.25, 0.3) is 10.9 Å². The van der Waals surface area contributed by atoms with Gasteiger partial charge in [-0.2, -0.15) is 0 Å². The second-order valence-corrected chi connectivity index (χ2v) is 6.84. The van der Waals surface area contributed by atoms with Gasteiger partial charge < -0.3 is 10.4 Å². The number of carboxylic acids is 1. The summed E-state index contributed by atoms with van der Waals surface area (Å²) in [6.07, 6.45) is 3.08. The highest BCUT2D eigenvalue weighted by Gasteiger charge is 2.42. The van der Waals surface area contributed by atoms with Gasteiger partial charge in [-0.1, -0.05) is 31.0 Å². The summed E-state index contributed by atoms with van der Waals surface area (Å²) in [5.41, 5.74) is 1.26. The SMILES string of the molecule is Cc1ccc2cccc(C(=O)NC3(C)CCCCC3C(=O)O)c2n1. The van der Waals surface area contributed by atoms with Gasteiger partial charge in [0.05, 0.1) is 22.5 Å². The molecule has 1 aliphatic rings. The van der Waals surface area contributed by atoms with Crippen molar-refractivity contribution < 1.29 is 14.7 Å². The molecule has 2 atom stereocenters. The van der Waals surface area contributed by atoms with Gasteiger partial charge in [0.2, 0.25) is 0 Å². The van der Waals surface area contributed by atoms with Gasteiger partial charge in [-0.3, -0.25) is 14.6 Å². The van der Waals surface area contributed by atoms with Crippen LogP contribution in [0, 0.1) is 12.8 Å². The Morgan fingerprint density at radius 2 is 2.04 bits per heavy atom. The molecule has 0 spiro atoms. The minimum absolute atomic E-state index is 0.255. The third-order valence-corrected chi connectivity index (χ3v) is 5.01. The Morgan fingerprint density at radius 1 is 1.25 bits per heavy atom. The largest absolute Gasteiger partial charge is 0.481 e. The van der Waals surface area contributed by atoms with Gasteiger partial charge in [-0.05, 0) is 38.8 Å². The second-order valence-electron chi connectivity index (χ2n) is 6.84. The van der Waals surface area contributed by atoms with E-state index in [2.05, 4.69) is 10.3 Å². The Morgan fingerprint density at radius 3 is 2.79 bits per heavy atom. The summed E-state index contributed by atoms with van der Waals surface area (Å²) in [7, 11) is 0. The van der Waals surface area contributed by atoms with Gasteiger partial charge in [0.15, 0.2) is 0 Å². The van der Waals surface area contributed by atoms with Crippen LogP contribution in [-0.2, 0) is 4.79 Å². The lowest BCUT2D eigenvalue weighted by molar-refractivity contribution is -0.145.